The number of halogens is 1. The van der Waals surface area contributed by atoms with Gasteiger partial charge in [-0.05, 0) is 66.2 Å². The summed E-state index contributed by atoms with van der Waals surface area (Å²) in [5, 5.41) is 19.7. The Morgan fingerprint density at radius 3 is 2.47 bits per heavy atom. The first kappa shape index (κ1) is 31.1. The Bertz CT molecular complexity index is 1820. The molecule has 2 aromatic carbocycles. The number of amides is 2. The number of benzene rings is 2. The molecule has 0 spiro atoms. The third-order valence-corrected chi connectivity index (χ3v) is 11.5. The number of carbonyl (C=O) groups excluding carboxylic acids is 2. The highest BCUT2D eigenvalue weighted by atomic mass is 32.2. The Kier molecular flexibility index (Phi) is 9.12. The molecule has 2 aliphatic rings. The van der Waals surface area contributed by atoms with Gasteiger partial charge >= 0.3 is 0 Å². The highest BCUT2D eigenvalue weighted by Gasteiger charge is 2.34. The standard InChI is InChI=1S/C30H30FN7O4S3/c1-36-27(18-32-29(40)21-8-12-23(13-9-21)45(41,42)37-14-2-3-15-37)33-34-30(36)44-19-28(39)38-25(20-6-10-22(31)11-7-20)17-24(35-38)26-5-4-16-43-26/h4-13,16,25H,2-3,14-15,17-19H2,1H3,(H,32,40)/t25-/m1/s1. The van der Waals surface area contributed by atoms with E-state index in [4.69, 9.17) is 0 Å². The molecule has 4 aromatic rings. The Morgan fingerprint density at radius 2 is 1.78 bits per heavy atom. The molecular weight excluding hydrogens is 638 g/mol. The van der Waals surface area contributed by atoms with E-state index < -0.39 is 10.0 Å². The Morgan fingerprint density at radius 1 is 1.04 bits per heavy atom. The van der Waals surface area contributed by atoms with Crippen LogP contribution in [0.25, 0.3) is 0 Å². The molecule has 1 N–H and O–H groups in total. The van der Waals surface area contributed by atoms with Gasteiger partial charge in [0, 0.05) is 32.1 Å². The second-order valence-electron chi connectivity index (χ2n) is 10.6. The van der Waals surface area contributed by atoms with Crippen molar-refractivity contribution >= 4 is 50.6 Å². The number of hydrazone groups is 1. The smallest absolute Gasteiger partial charge is 0.253 e. The number of hydrogen-bond donors (Lipinski definition) is 1. The first-order valence-corrected chi connectivity index (χ1v) is 17.6. The first-order valence-electron chi connectivity index (χ1n) is 14.3. The zero-order chi connectivity index (χ0) is 31.6. The van der Waals surface area contributed by atoms with Crippen molar-refractivity contribution < 1.29 is 22.4 Å². The summed E-state index contributed by atoms with van der Waals surface area (Å²) in [6, 6.07) is 15.5. The van der Waals surface area contributed by atoms with Gasteiger partial charge in [0.05, 0.1) is 33.8 Å². The molecule has 1 atom stereocenters. The minimum atomic E-state index is -3.56. The maximum atomic E-state index is 13.6. The number of carbonyl (C=O) groups is 2. The number of thiophene rings is 1. The summed E-state index contributed by atoms with van der Waals surface area (Å²) in [5.41, 5.74) is 1.92. The van der Waals surface area contributed by atoms with Crippen molar-refractivity contribution in [3.63, 3.8) is 0 Å². The van der Waals surface area contributed by atoms with Crippen molar-refractivity contribution in [3.05, 3.63) is 93.7 Å². The highest BCUT2D eigenvalue weighted by Crippen LogP contribution is 2.34. The first-order chi connectivity index (χ1) is 21.7. The lowest BCUT2D eigenvalue weighted by Gasteiger charge is -2.21. The molecule has 0 saturated carbocycles. The van der Waals surface area contributed by atoms with E-state index in [1.54, 1.807) is 35.1 Å². The summed E-state index contributed by atoms with van der Waals surface area (Å²) in [4.78, 5) is 27.3. The molecule has 0 radical (unpaired) electrons. The lowest BCUT2D eigenvalue weighted by molar-refractivity contribution is -0.130. The van der Waals surface area contributed by atoms with Crippen molar-refractivity contribution in [3.8, 4) is 0 Å². The molecule has 0 unspecified atom stereocenters. The van der Waals surface area contributed by atoms with Gasteiger partial charge in [-0.3, -0.25) is 9.59 Å². The fourth-order valence-corrected chi connectivity index (χ4v) is 8.23. The van der Waals surface area contributed by atoms with Crippen LogP contribution in [0, 0.1) is 5.82 Å². The normalized spacial score (nSPS) is 17.1. The zero-order valence-electron chi connectivity index (χ0n) is 24.3. The molecule has 2 aromatic heterocycles. The largest absolute Gasteiger partial charge is 0.345 e. The molecule has 11 nitrogen and oxygen atoms in total. The summed E-state index contributed by atoms with van der Waals surface area (Å²) in [5.74, 6) is -0.430. The van der Waals surface area contributed by atoms with Crippen LogP contribution >= 0.6 is 23.1 Å². The van der Waals surface area contributed by atoms with Crippen LogP contribution in [-0.4, -0.2) is 68.9 Å². The van der Waals surface area contributed by atoms with Crippen LogP contribution in [0.5, 0.6) is 0 Å². The number of nitrogens with one attached hydrogen (secondary N) is 1. The molecular formula is C30H30FN7O4S3. The fourth-order valence-electron chi connectivity index (χ4n) is 5.21. The Labute approximate surface area is 268 Å². The topological polar surface area (TPSA) is 130 Å². The summed E-state index contributed by atoms with van der Waals surface area (Å²) >= 11 is 2.75. The van der Waals surface area contributed by atoms with E-state index in [0.717, 1.165) is 29.0 Å². The number of rotatable bonds is 10. The average molecular weight is 668 g/mol. The molecule has 2 amide bonds. The van der Waals surface area contributed by atoms with Gasteiger partial charge in [-0.2, -0.15) is 9.41 Å². The van der Waals surface area contributed by atoms with Crippen molar-refractivity contribution in [2.24, 2.45) is 12.1 Å². The molecule has 4 heterocycles. The van der Waals surface area contributed by atoms with E-state index in [2.05, 4.69) is 20.6 Å². The van der Waals surface area contributed by atoms with Gasteiger partial charge in [-0.1, -0.05) is 30.0 Å². The monoisotopic (exact) mass is 667 g/mol. The summed E-state index contributed by atoms with van der Waals surface area (Å²) in [7, 11) is -1.81. The van der Waals surface area contributed by atoms with E-state index in [9.17, 15) is 22.4 Å². The minimum Gasteiger partial charge on any atom is -0.345 e. The SMILES string of the molecule is Cn1c(CNC(=O)c2ccc(S(=O)(=O)N3CCCC3)cc2)nnc1SCC(=O)N1N=C(c2cccs2)C[C@@H]1c1ccc(F)cc1. The van der Waals surface area contributed by atoms with E-state index in [1.807, 2.05) is 17.5 Å². The quantitative estimate of drug-likeness (QED) is 0.251. The zero-order valence-corrected chi connectivity index (χ0v) is 26.7. The number of aromatic nitrogens is 3. The Hall–Kier alpha value is -3.92. The molecule has 234 valence electrons. The summed E-state index contributed by atoms with van der Waals surface area (Å²) < 4.78 is 42.3. The van der Waals surface area contributed by atoms with E-state index in [1.165, 1.54) is 57.5 Å². The van der Waals surface area contributed by atoms with Gasteiger partial charge in [0.15, 0.2) is 11.0 Å². The predicted octanol–water partition coefficient (Wildman–Crippen LogP) is 4.20. The second-order valence-corrected chi connectivity index (χ2v) is 14.4. The van der Waals surface area contributed by atoms with Gasteiger partial charge in [-0.25, -0.2) is 17.8 Å². The molecule has 1 fully saturated rings. The summed E-state index contributed by atoms with van der Waals surface area (Å²) in [6.07, 6.45) is 2.22. The van der Waals surface area contributed by atoms with Gasteiger partial charge in [-0.15, -0.1) is 21.5 Å². The number of sulfonamides is 1. The third kappa shape index (κ3) is 6.71. The van der Waals surface area contributed by atoms with E-state index in [-0.39, 0.29) is 40.9 Å². The molecule has 0 bridgehead atoms. The second kappa shape index (κ2) is 13.2. The number of thioether (sulfide) groups is 1. The molecule has 45 heavy (non-hydrogen) atoms. The fraction of sp³-hybridized carbons (Fsp3) is 0.300. The van der Waals surface area contributed by atoms with Gasteiger partial charge < -0.3 is 9.88 Å². The maximum Gasteiger partial charge on any atom is 0.253 e. The maximum absolute atomic E-state index is 13.6. The van der Waals surface area contributed by atoms with E-state index >= 15 is 0 Å². The van der Waals surface area contributed by atoms with Crippen LogP contribution in [0.4, 0.5) is 4.39 Å². The van der Waals surface area contributed by atoms with Crippen molar-refractivity contribution in [1.29, 1.82) is 0 Å². The van der Waals surface area contributed by atoms with Gasteiger partial charge in [0.25, 0.3) is 11.8 Å². The average Bonchev–Trinajstić information content (AvgIpc) is 3.87. The van der Waals surface area contributed by atoms with Crippen LogP contribution in [-0.2, 0) is 28.4 Å². The van der Waals surface area contributed by atoms with E-state index in [0.29, 0.717) is 36.1 Å². The molecule has 1 saturated heterocycles. The number of nitrogens with zero attached hydrogens (tertiary/aromatic N) is 6. The summed E-state index contributed by atoms with van der Waals surface area (Å²) in [6.45, 7) is 1.10. The van der Waals surface area contributed by atoms with Gasteiger partial charge in [0.1, 0.15) is 5.82 Å². The van der Waals surface area contributed by atoms with Crippen LogP contribution in [0.1, 0.15) is 51.9 Å². The number of hydrogen-bond acceptors (Lipinski definition) is 9. The lowest BCUT2D eigenvalue weighted by atomic mass is 10.0. The molecule has 15 heteroatoms. The Balaban J connectivity index is 1.07. The van der Waals surface area contributed by atoms with Crippen molar-refractivity contribution in [1.82, 2.24) is 29.4 Å². The van der Waals surface area contributed by atoms with Crippen LogP contribution in [0.3, 0.4) is 0 Å². The predicted molar refractivity (Wildman–Crippen MR) is 169 cm³/mol. The molecule has 0 aliphatic carbocycles. The molecule has 2 aliphatic heterocycles. The van der Waals surface area contributed by atoms with Crippen LogP contribution in [0.2, 0.25) is 0 Å². The van der Waals surface area contributed by atoms with Crippen molar-refractivity contribution in [2.45, 2.75) is 41.9 Å². The van der Waals surface area contributed by atoms with Crippen LogP contribution < -0.4 is 5.32 Å². The van der Waals surface area contributed by atoms with Gasteiger partial charge in [0.2, 0.25) is 10.0 Å². The highest BCUT2D eigenvalue weighted by molar-refractivity contribution is 7.99. The van der Waals surface area contributed by atoms with Crippen LogP contribution in [0.15, 0.2) is 81.2 Å². The molecule has 6 rings (SSSR count). The third-order valence-electron chi connectivity index (χ3n) is 7.70. The van der Waals surface area contributed by atoms with Crippen molar-refractivity contribution in [2.75, 3.05) is 18.8 Å². The minimum absolute atomic E-state index is 0.0456. The lowest BCUT2D eigenvalue weighted by Crippen LogP contribution is -2.28.